The standard InChI is InChI=1S/C20H16ClF2N3O3S/c21-19-15-4-2-1-3-13(15)11-18(24-19)20(27)25-7-9-26(10-8-25)30(28,29)14-5-6-16(22)17(23)12-14/h1-6,11-12H,7-10H2. The van der Waals surface area contributed by atoms with Crippen LogP contribution in [0.2, 0.25) is 5.15 Å². The van der Waals surface area contributed by atoms with Crippen molar-refractivity contribution in [2.24, 2.45) is 0 Å². The first kappa shape index (κ1) is 20.6. The highest BCUT2D eigenvalue weighted by Gasteiger charge is 2.31. The first-order valence-electron chi connectivity index (χ1n) is 9.07. The molecule has 4 rings (SSSR count). The van der Waals surface area contributed by atoms with Gasteiger partial charge in [0.1, 0.15) is 10.8 Å². The summed E-state index contributed by atoms with van der Waals surface area (Å²) in [6.45, 7) is 0.310. The van der Waals surface area contributed by atoms with E-state index in [-0.39, 0.29) is 47.8 Å². The van der Waals surface area contributed by atoms with Crippen LogP contribution in [0, 0.1) is 11.6 Å². The topological polar surface area (TPSA) is 70.6 Å². The summed E-state index contributed by atoms with van der Waals surface area (Å²) >= 11 is 6.19. The van der Waals surface area contributed by atoms with Crippen molar-refractivity contribution in [1.29, 1.82) is 0 Å². The number of fused-ring (bicyclic) bond motifs is 1. The number of halogens is 3. The zero-order valence-corrected chi connectivity index (χ0v) is 17.1. The quantitative estimate of drug-likeness (QED) is 0.573. The largest absolute Gasteiger partial charge is 0.335 e. The maximum atomic E-state index is 13.4. The van der Waals surface area contributed by atoms with E-state index < -0.39 is 21.7 Å². The Morgan fingerprint density at radius 2 is 1.67 bits per heavy atom. The lowest BCUT2D eigenvalue weighted by molar-refractivity contribution is 0.0692. The van der Waals surface area contributed by atoms with Crippen molar-refractivity contribution in [2.45, 2.75) is 4.90 Å². The molecular formula is C20H16ClF2N3O3S. The molecule has 3 aromatic rings. The second kappa shape index (κ2) is 7.90. The summed E-state index contributed by atoms with van der Waals surface area (Å²) in [5.74, 6) is -2.71. The van der Waals surface area contributed by atoms with E-state index in [2.05, 4.69) is 4.98 Å². The Bertz CT molecular complexity index is 1250. The van der Waals surface area contributed by atoms with Crippen molar-refractivity contribution in [3.05, 3.63) is 71.0 Å². The number of amides is 1. The molecule has 0 aliphatic carbocycles. The van der Waals surface area contributed by atoms with Gasteiger partial charge in [-0.15, -0.1) is 0 Å². The van der Waals surface area contributed by atoms with E-state index in [0.29, 0.717) is 6.07 Å². The summed E-state index contributed by atoms with van der Waals surface area (Å²) < 4.78 is 53.1. The number of benzene rings is 2. The van der Waals surface area contributed by atoms with Crippen molar-refractivity contribution in [3.63, 3.8) is 0 Å². The fourth-order valence-electron chi connectivity index (χ4n) is 3.35. The van der Waals surface area contributed by atoms with Crippen molar-refractivity contribution >= 4 is 38.3 Å². The van der Waals surface area contributed by atoms with Crippen molar-refractivity contribution < 1.29 is 22.0 Å². The van der Waals surface area contributed by atoms with E-state index in [1.165, 1.54) is 4.90 Å². The molecule has 1 aromatic heterocycles. The number of nitrogens with zero attached hydrogens (tertiary/aromatic N) is 3. The number of carbonyl (C=O) groups is 1. The Morgan fingerprint density at radius 1 is 0.967 bits per heavy atom. The highest BCUT2D eigenvalue weighted by atomic mass is 35.5. The van der Waals surface area contributed by atoms with Gasteiger partial charge in [-0.25, -0.2) is 22.2 Å². The summed E-state index contributed by atoms with van der Waals surface area (Å²) in [7, 11) is -4.00. The highest BCUT2D eigenvalue weighted by molar-refractivity contribution is 7.89. The summed E-state index contributed by atoms with van der Waals surface area (Å²) in [6, 6.07) is 11.4. The zero-order valence-electron chi connectivity index (χ0n) is 15.6. The van der Waals surface area contributed by atoms with Gasteiger partial charge in [0, 0.05) is 31.6 Å². The van der Waals surface area contributed by atoms with E-state index in [9.17, 15) is 22.0 Å². The molecule has 1 fully saturated rings. The number of hydrogen-bond acceptors (Lipinski definition) is 4. The Balaban J connectivity index is 1.50. The van der Waals surface area contributed by atoms with Crippen LogP contribution in [-0.4, -0.2) is 54.7 Å². The molecule has 0 radical (unpaired) electrons. The van der Waals surface area contributed by atoms with Crippen LogP contribution in [0.1, 0.15) is 10.5 Å². The number of rotatable bonds is 3. The fraction of sp³-hybridized carbons (Fsp3) is 0.200. The van der Waals surface area contributed by atoms with Crippen LogP contribution in [0.3, 0.4) is 0 Å². The summed E-state index contributed by atoms with van der Waals surface area (Å²) in [6.07, 6.45) is 0. The average molecular weight is 452 g/mol. The Hall–Kier alpha value is -2.62. The minimum atomic E-state index is -4.00. The lowest BCUT2D eigenvalue weighted by Crippen LogP contribution is -2.50. The van der Waals surface area contributed by atoms with Crippen LogP contribution >= 0.6 is 11.6 Å². The van der Waals surface area contributed by atoms with Crippen LogP contribution < -0.4 is 0 Å². The Labute approximate surface area is 176 Å². The van der Waals surface area contributed by atoms with Gasteiger partial charge < -0.3 is 4.90 Å². The molecule has 2 heterocycles. The summed E-state index contributed by atoms with van der Waals surface area (Å²) in [5, 5.41) is 1.73. The van der Waals surface area contributed by atoms with E-state index in [4.69, 9.17) is 11.6 Å². The number of aromatic nitrogens is 1. The second-order valence-corrected chi connectivity index (χ2v) is 9.09. The zero-order chi connectivity index (χ0) is 21.5. The molecule has 0 saturated carbocycles. The maximum absolute atomic E-state index is 13.4. The number of carbonyl (C=O) groups excluding carboxylic acids is 1. The first-order valence-corrected chi connectivity index (χ1v) is 10.9. The average Bonchev–Trinajstić information content (AvgIpc) is 2.75. The molecule has 0 N–H and O–H groups in total. The third-order valence-electron chi connectivity index (χ3n) is 4.97. The molecule has 1 aliphatic heterocycles. The van der Waals surface area contributed by atoms with Crippen LogP contribution in [0.15, 0.2) is 53.4 Å². The van der Waals surface area contributed by atoms with Crippen LogP contribution in [0.25, 0.3) is 10.8 Å². The monoisotopic (exact) mass is 451 g/mol. The molecule has 1 amide bonds. The van der Waals surface area contributed by atoms with Gasteiger partial charge in [-0.1, -0.05) is 35.9 Å². The highest BCUT2D eigenvalue weighted by Crippen LogP contribution is 2.24. The normalized spacial score (nSPS) is 15.5. The summed E-state index contributed by atoms with van der Waals surface area (Å²) in [4.78, 5) is 18.2. The lowest BCUT2D eigenvalue weighted by Gasteiger charge is -2.33. The molecule has 0 atom stereocenters. The Morgan fingerprint density at radius 3 is 2.37 bits per heavy atom. The number of piperazine rings is 1. The molecule has 2 aromatic carbocycles. The van der Waals surface area contributed by atoms with Gasteiger partial charge >= 0.3 is 0 Å². The molecule has 0 bridgehead atoms. The number of pyridine rings is 1. The molecule has 156 valence electrons. The van der Waals surface area contributed by atoms with E-state index in [1.807, 2.05) is 18.2 Å². The smallest absolute Gasteiger partial charge is 0.272 e. The second-order valence-electron chi connectivity index (χ2n) is 6.79. The number of hydrogen-bond donors (Lipinski definition) is 0. The molecular weight excluding hydrogens is 436 g/mol. The van der Waals surface area contributed by atoms with Crippen molar-refractivity contribution in [1.82, 2.24) is 14.2 Å². The van der Waals surface area contributed by atoms with Gasteiger partial charge in [0.15, 0.2) is 11.6 Å². The van der Waals surface area contributed by atoms with Crippen molar-refractivity contribution in [3.8, 4) is 0 Å². The molecule has 0 spiro atoms. The first-order chi connectivity index (χ1) is 14.3. The van der Waals surface area contributed by atoms with Crippen LogP contribution in [-0.2, 0) is 10.0 Å². The van der Waals surface area contributed by atoms with Gasteiger partial charge in [-0.3, -0.25) is 4.79 Å². The van der Waals surface area contributed by atoms with Crippen molar-refractivity contribution in [2.75, 3.05) is 26.2 Å². The predicted molar refractivity (Wildman–Crippen MR) is 108 cm³/mol. The molecule has 0 unspecified atom stereocenters. The fourth-order valence-corrected chi connectivity index (χ4v) is 5.04. The van der Waals surface area contributed by atoms with Crippen LogP contribution in [0.4, 0.5) is 8.78 Å². The van der Waals surface area contributed by atoms with Gasteiger partial charge in [0.05, 0.1) is 4.90 Å². The third-order valence-corrected chi connectivity index (χ3v) is 7.15. The van der Waals surface area contributed by atoms with Gasteiger partial charge in [-0.2, -0.15) is 4.31 Å². The minimum Gasteiger partial charge on any atom is -0.335 e. The van der Waals surface area contributed by atoms with E-state index in [0.717, 1.165) is 27.2 Å². The SMILES string of the molecule is O=C(c1cc2ccccc2c(Cl)n1)N1CCN(S(=O)(=O)c2ccc(F)c(F)c2)CC1. The lowest BCUT2D eigenvalue weighted by atomic mass is 10.1. The Kier molecular flexibility index (Phi) is 5.44. The predicted octanol–water partition coefficient (Wildman–Crippen LogP) is 3.31. The molecule has 6 nitrogen and oxygen atoms in total. The third kappa shape index (κ3) is 3.76. The van der Waals surface area contributed by atoms with Gasteiger partial charge in [-0.05, 0) is 29.7 Å². The van der Waals surface area contributed by atoms with E-state index in [1.54, 1.807) is 12.1 Å². The van der Waals surface area contributed by atoms with Crippen LogP contribution in [0.5, 0.6) is 0 Å². The molecule has 1 saturated heterocycles. The molecule has 1 aliphatic rings. The van der Waals surface area contributed by atoms with Gasteiger partial charge in [0.2, 0.25) is 10.0 Å². The van der Waals surface area contributed by atoms with Gasteiger partial charge in [0.25, 0.3) is 5.91 Å². The molecule has 10 heteroatoms. The van der Waals surface area contributed by atoms with E-state index >= 15 is 0 Å². The maximum Gasteiger partial charge on any atom is 0.272 e. The minimum absolute atomic E-state index is 0.0222. The summed E-state index contributed by atoms with van der Waals surface area (Å²) in [5.41, 5.74) is 0.176. The molecule has 30 heavy (non-hydrogen) atoms. The number of sulfonamides is 1.